The lowest BCUT2D eigenvalue weighted by Crippen LogP contribution is -2.41. The van der Waals surface area contributed by atoms with Gasteiger partial charge in [-0.05, 0) is 35.9 Å². The first-order valence-electron chi connectivity index (χ1n) is 10.0. The van der Waals surface area contributed by atoms with Crippen LogP contribution in [0.5, 0.6) is 0 Å². The van der Waals surface area contributed by atoms with Crippen LogP contribution >= 0.6 is 0 Å². The van der Waals surface area contributed by atoms with Crippen molar-refractivity contribution in [2.75, 3.05) is 5.32 Å². The fourth-order valence-electron chi connectivity index (χ4n) is 3.88. The number of nitrogens with zero attached hydrogens (tertiary/aromatic N) is 4. The summed E-state index contributed by atoms with van der Waals surface area (Å²) in [6, 6.07) is 13.6. The summed E-state index contributed by atoms with van der Waals surface area (Å²) in [7, 11) is -4.04. The van der Waals surface area contributed by atoms with Gasteiger partial charge in [0, 0.05) is 17.7 Å². The second kappa shape index (κ2) is 7.93. The number of guanidine groups is 1. The summed E-state index contributed by atoms with van der Waals surface area (Å²) in [5.74, 6) is -1.53. The van der Waals surface area contributed by atoms with Crippen LogP contribution in [0.2, 0.25) is 0 Å². The van der Waals surface area contributed by atoms with Crippen molar-refractivity contribution in [3.8, 4) is 0 Å². The van der Waals surface area contributed by atoms with E-state index in [2.05, 4.69) is 25.2 Å². The van der Waals surface area contributed by atoms with E-state index in [-0.39, 0.29) is 34.2 Å². The minimum atomic E-state index is -4.04. The number of rotatable bonds is 4. The van der Waals surface area contributed by atoms with Crippen molar-refractivity contribution in [2.45, 2.75) is 24.3 Å². The fourth-order valence-corrected chi connectivity index (χ4v) is 5.04. The first-order valence-corrected chi connectivity index (χ1v) is 11.5. The first-order chi connectivity index (χ1) is 15.8. The molecule has 0 fully saturated rings. The van der Waals surface area contributed by atoms with Crippen LogP contribution in [0, 0.1) is 11.6 Å². The number of fused-ring (bicyclic) bond motifs is 2. The van der Waals surface area contributed by atoms with Crippen LogP contribution in [-0.2, 0) is 16.6 Å². The van der Waals surface area contributed by atoms with Crippen molar-refractivity contribution in [1.29, 1.82) is 0 Å². The highest BCUT2D eigenvalue weighted by atomic mass is 32.2. The molecule has 11 heteroatoms. The Kier molecular flexibility index (Phi) is 5.05. The van der Waals surface area contributed by atoms with Gasteiger partial charge in [-0.1, -0.05) is 31.2 Å². The smallest absolute Gasteiger partial charge is 0.266 e. The van der Waals surface area contributed by atoms with Gasteiger partial charge in [-0.25, -0.2) is 26.9 Å². The summed E-state index contributed by atoms with van der Waals surface area (Å²) in [5, 5.41) is 11.0. The van der Waals surface area contributed by atoms with Crippen LogP contribution in [0.4, 0.5) is 14.5 Å². The molecule has 4 aromatic rings. The molecule has 0 unspecified atom stereocenters. The maximum atomic E-state index is 15.0. The van der Waals surface area contributed by atoms with Gasteiger partial charge in [0.05, 0.1) is 5.69 Å². The third kappa shape index (κ3) is 3.69. The van der Waals surface area contributed by atoms with Crippen molar-refractivity contribution in [3.63, 3.8) is 0 Å². The second-order valence-electron chi connectivity index (χ2n) is 7.52. The topological polar surface area (TPSA) is 101 Å². The summed E-state index contributed by atoms with van der Waals surface area (Å²) >= 11 is 0. The Morgan fingerprint density at radius 2 is 1.82 bits per heavy atom. The van der Waals surface area contributed by atoms with E-state index >= 15 is 0 Å². The second-order valence-corrected chi connectivity index (χ2v) is 9.17. The molecule has 2 N–H and O–H groups in total. The van der Waals surface area contributed by atoms with Crippen LogP contribution in [-0.4, -0.2) is 29.0 Å². The van der Waals surface area contributed by atoms with Gasteiger partial charge in [-0.2, -0.15) is 0 Å². The average molecular weight is 468 g/mol. The fraction of sp³-hybridized carbons (Fsp3) is 0.136. The van der Waals surface area contributed by atoms with Gasteiger partial charge >= 0.3 is 0 Å². The first kappa shape index (κ1) is 21.0. The summed E-state index contributed by atoms with van der Waals surface area (Å²) in [5.41, 5.74) is 0.923. The highest BCUT2D eigenvalue weighted by Crippen LogP contribution is 2.38. The van der Waals surface area contributed by atoms with E-state index in [1.165, 1.54) is 18.2 Å². The number of hydrogen-bond acceptors (Lipinski definition) is 5. The molecule has 0 spiro atoms. The molecular weight excluding hydrogens is 450 g/mol. The molecule has 0 aliphatic carbocycles. The number of nitrogens with one attached hydrogen (secondary N) is 2. The summed E-state index contributed by atoms with van der Waals surface area (Å²) in [4.78, 5) is 4.14. The van der Waals surface area contributed by atoms with Gasteiger partial charge in [0.1, 0.15) is 23.1 Å². The molecule has 168 valence electrons. The minimum absolute atomic E-state index is 0.0128. The van der Waals surface area contributed by atoms with Gasteiger partial charge < -0.3 is 5.32 Å². The molecule has 0 saturated carbocycles. The lowest BCUT2D eigenvalue weighted by Gasteiger charge is -2.26. The van der Waals surface area contributed by atoms with E-state index in [0.717, 1.165) is 6.07 Å². The Hall–Kier alpha value is -3.86. The molecule has 0 saturated heterocycles. The number of sulfonamides is 1. The molecule has 3 heterocycles. The molecular formula is C22H18F2N6O2S. The monoisotopic (exact) mass is 468 g/mol. The maximum absolute atomic E-state index is 15.0. The lowest BCUT2D eigenvalue weighted by atomic mass is 9.91. The summed E-state index contributed by atoms with van der Waals surface area (Å²) < 4.78 is 59.2. The van der Waals surface area contributed by atoms with Crippen molar-refractivity contribution in [2.24, 2.45) is 4.99 Å². The molecule has 0 bridgehead atoms. The Bertz CT molecular complexity index is 1520. The van der Waals surface area contributed by atoms with E-state index in [1.54, 1.807) is 35.7 Å². The van der Waals surface area contributed by atoms with Gasteiger partial charge in [0.2, 0.25) is 5.96 Å². The number of pyridine rings is 1. The zero-order chi connectivity index (χ0) is 23.2. The zero-order valence-corrected chi connectivity index (χ0v) is 18.1. The van der Waals surface area contributed by atoms with Gasteiger partial charge in [0.25, 0.3) is 10.0 Å². The van der Waals surface area contributed by atoms with Gasteiger partial charge in [-0.3, -0.25) is 4.40 Å². The molecule has 2 aromatic carbocycles. The number of aromatic nitrogens is 3. The Morgan fingerprint density at radius 3 is 2.64 bits per heavy atom. The van der Waals surface area contributed by atoms with Crippen LogP contribution in [0.25, 0.3) is 5.65 Å². The minimum Gasteiger partial charge on any atom is -0.324 e. The Labute approximate surface area is 188 Å². The van der Waals surface area contributed by atoms with Crippen molar-refractivity contribution in [1.82, 2.24) is 19.3 Å². The van der Waals surface area contributed by atoms with Crippen molar-refractivity contribution < 1.29 is 17.2 Å². The third-order valence-electron chi connectivity index (χ3n) is 5.49. The molecule has 33 heavy (non-hydrogen) atoms. The predicted octanol–water partition coefficient (Wildman–Crippen LogP) is 3.42. The van der Waals surface area contributed by atoms with Crippen LogP contribution < -0.4 is 10.0 Å². The molecule has 2 aromatic heterocycles. The lowest BCUT2D eigenvalue weighted by molar-refractivity contribution is 0.577. The summed E-state index contributed by atoms with van der Waals surface area (Å²) in [6.45, 7) is 1.63. The SMILES string of the molecule is C[C@H](c1ccccc1F)c1c(F)ccc2c1NC(=NCc1nnc3ccccn13)NS2(=O)=O. The van der Waals surface area contributed by atoms with Crippen LogP contribution in [0.15, 0.2) is 70.7 Å². The standard InChI is InChI=1S/C22H18F2N6O2S/c1-13(14-6-2-3-7-15(14)23)20-16(24)9-10-17-21(20)26-22(29-33(17,31)32)25-12-19-28-27-18-8-4-5-11-30(18)19/h2-11,13H,12H2,1H3,(H2,25,26,29)/t13-/m1/s1. The Balaban J connectivity index is 1.56. The Morgan fingerprint density at radius 1 is 1.03 bits per heavy atom. The van der Waals surface area contributed by atoms with Gasteiger partial charge in [0.15, 0.2) is 11.5 Å². The van der Waals surface area contributed by atoms with Crippen molar-refractivity contribution >= 4 is 27.3 Å². The summed E-state index contributed by atoms with van der Waals surface area (Å²) in [6.07, 6.45) is 1.77. The highest BCUT2D eigenvalue weighted by Gasteiger charge is 2.32. The van der Waals surface area contributed by atoms with E-state index in [9.17, 15) is 17.2 Å². The molecule has 0 radical (unpaired) electrons. The molecule has 1 atom stereocenters. The third-order valence-corrected chi connectivity index (χ3v) is 6.87. The molecule has 1 aliphatic rings. The van der Waals surface area contributed by atoms with Gasteiger partial charge in [-0.15, -0.1) is 10.2 Å². The maximum Gasteiger partial charge on any atom is 0.266 e. The van der Waals surface area contributed by atoms with Crippen LogP contribution in [0.3, 0.4) is 0 Å². The molecule has 1 aliphatic heterocycles. The molecule has 0 amide bonds. The zero-order valence-electron chi connectivity index (χ0n) is 17.3. The number of hydrogen-bond donors (Lipinski definition) is 2. The van der Waals surface area contributed by atoms with Crippen LogP contribution in [0.1, 0.15) is 29.8 Å². The van der Waals surface area contributed by atoms with E-state index in [0.29, 0.717) is 11.5 Å². The number of anilines is 1. The number of halogens is 2. The predicted molar refractivity (Wildman–Crippen MR) is 118 cm³/mol. The highest BCUT2D eigenvalue weighted by molar-refractivity contribution is 7.90. The molecule has 5 rings (SSSR count). The number of benzene rings is 2. The van der Waals surface area contributed by atoms with E-state index < -0.39 is 27.6 Å². The molecule has 8 nitrogen and oxygen atoms in total. The largest absolute Gasteiger partial charge is 0.324 e. The number of aliphatic imine (C=N–C) groups is 1. The normalized spacial score (nSPS) is 16.8. The van der Waals surface area contributed by atoms with Crippen molar-refractivity contribution in [3.05, 3.63) is 89.4 Å². The van der Waals surface area contributed by atoms with E-state index in [4.69, 9.17) is 0 Å². The average Bonchev–Trinajstić information content (AvgIpc) is 3.20. The van der Waals surface area contributed by atoms with E-state index in [1.807, 2.05) is 12.1 Å². The quantitative estimate of drug-likeness (QED) is 0.478.